The number of hydrogen-bond donors (Lipinski definition) is 1. The Balaban J connectivity index is 1.49. The zero-order chi connectivity index (χ0) is 30.3. The fourth-order valence-electron chi connectivity index (χ4n) is 7.32. The highest BCUT2D eigenvalue weighted by atomic mass is 16.5. The van der Waals surface area contributed by atoms with E-state index in [1.165, 1.54) is 7.11 Å². The molecule has 0 spiro atoms. The number of methoxy groups -OCH3 is 1. The minimum atomic E-state index is -1.32. The van der Waals surface area contributed by atoms with Gasteiger partial charge in [-0.15, -0.1) is 0 Å². The molecule has 224 valence electrons. The third kappa shape index (κ3) is 4.74. The molecule has 2 saturated heterocycles. The summed E-state index contributed by atoms with van der Waals surface area (Å²) in [5.74, 6) is -1.28. The van der Waals surface area contributed by atoms with Crippen molar-refractivity contribution >= 4 is 23.8 Å². The van der Waals surface area contributed by atoms with Gasteiger partial charge in [-0.05, 0) is 41.7 Å². The molecule has 2 aliphatic heterocycles. The number of carbonyl (C=O) groups is 4. The lowest BCUT2D eigenvalue weighted by atomic mass is 9.75. The van der Waals surface area contributed by atoms with Crippen LogP contribution in [0.25, 0.3) is 0 Å². The van der Waals surface area contributed by atoms with E-state index in [9.17, 15) is 19.2 Å². The molecule has 10 nitrogen and oxygen atoms in total. The maximum Gasteiger partial charge on any atom is 0.332 e. The molecule has 3 atom stereocenters. The summed E-state index contributed by atoms with van der Waals surface area (Å²) < 4.78 is 7.56. The summed E-state index contributed by atoms with van der Waals surface area (Å²) in [5, 5.41) is 2.84. The Morgan fingerprint density at radius 2 is 1.72 bits per heavy atom. The Hall–Kier alpha value is -4.60. The largest absolute Gasteiger partial charge is 0.467 e. The van der Waals surface area contributed by atoms with Gasteiger partial charge in [-0.2, -0.15) is 0 Å². The molecule has 4 amide bonds. The number of esters is 1. The Bertz CT molecular complexity index is 1550. The number of nitrogens with one attached hydrogen (secondary N) is 1. The van der Waals surface area contributed by atoms with Gasteiger partial charge >= 0.3 is 12.0 Å². The van der Waals surface area contributed by atoms with Gasteiger partial charge in [0.05, 0.1) is 7.11 Å². The van der Waals surface area contributed by atoms with Crippen molar-refractivity contribution in [2.24, 2.45) is 5.92 Å². The minimum Gasteiger partial charge on any atom is -0.467 e. The average Bonchev–Trinajstić information content (AvgIpc) is 3.76. The van der Waals surface area contributed by atoms with Gasteiger partial charge in [0.25, 0.3) is 11.8 Å². The van der Waals surface area contributed by atoms with Crippen LogP contribution in [0.15, 0.2) is 66.7 Å². The Morgan fingerprint density at radius 3 is 2.35 bits per heavy atom. The van der Waals surface area contributed by atoms with E-state index in [0.29, 0.717) is 50.4 Å². The predicted molar refractivity (Wildman–Crippen MR) is 160 cm³/mol. The minimum absolute atomic E-state index is 0.0506. The van der Waals surface area contributed by atoms with Crippen LogP contribution in [0.4, 0.5) is 4.79 Å². The lowest BCUT2D eigenvalue weighted by Crippen LogP contribution is -2.58. The van der Waals surface area contributed by atoms with Crippen LogP contribution in [0, 0.1) is 5.92 Å². The molecular formula is C33H37N5O5. The maximum absolute atomic E-state index is 14.2. The number of aromatic nitrogens is 1. The van der Waals surface area contributed by atoms with Gasteiger partial charge in [0.15, 0.2) is 5.54 Å². The molecular weight excluding hydrogens is 546 g/mol. The van der Waals surface area contributed by atoms with Gasteiger partial charge in [-0.3, -0.25) is 9.59 Å². The summed E-state index contributed by atoms with van der Waals surface area (Å²) in [7, 11) is 4.80. The maximum atomic E-state index is 14.2. The van der Waals surface area contributed by atoms with E-state index in [1.807, 2.05) is 59.2 Å². The molecule has 6 rings (SSSR count). The third-order valence-corrected chi connectivity index (χ3v) is 9.20. The molecule has 0 bridgehead atoms. The van der Waals surface area contributed by atoms with E-state index in [4.69, 9.17) is 4.74 Å². The molecule has 10 heteroatoms. The number of benzene rings is 2. The van der Waals surface area contributed by atoms with Gasteiger partial charge in [0.2, 0.25) is 0 Å². The first kappa shape index (κ1) is 28.5. The average molecular weight is 584 g/mol. The number of urea groups is 1. The molecule has 2 aromatic carbocycles. The normalized spacial score (nSPS) is 22.3. The van der Waals surface area contributed by atoms with Crippen LogP contribution < -0.4 is 5.32 Å². The zero-order valence-electron chi connectivity index (χ0n) is 24.8. The summed E-state index contributed by atoms with van der Waals surface area (Å²) in [6.45, 7) is 2.50. The van der Waals surface area contributed by atoms with Crippen LogP contribution in [0.5, 0.6) is 0 Å². The number of likely N-dealkylation sites (tertiary alicyclic amines) is 1. The van der Waals surface area contributed by atoms with Crippen LogP contribution in [0.1, 0.15) is 43.6 Å². The van der Waals surface area contributed by atoms with Crippen molar-refractivity contribution in [3.8, 4) is 0 Å². The number of ether oxygens (including phenoxy) is 1. The number of fused-ring (bicyclic) bond motifs is 3. The zero-order valence-corrected chi connectivity index (χ0v) is 24.8. The predicted octanol–water partition coefficient (Wildman–Crippen LogP) is 2.78. The molecule has 1 aromatic heterocycles. The van der Waals surface area contributed by atoms with Gasteiger partial charge < -0.3 is 29.3 Å². The first-order valence-corrected chi connectivity index (χ1v) is 14.7. The third-order valence-electron chi connectivity index (χ3n) is 9.20. The van der Waals surface area contributed by atoms with Crippen molar-refractivity contribution in [1.29, 1.82) is 0 Å². The smallest absolute Gasteiger partial charge is 0.332 e. The van der Waals surface area contributed by atoms with Crippen molar-refractivity contribution in [3.05, 3.63) is 94.8 Å². The summed E-state index contributed by atoms with van der Waals surface area (Å²) in [5.41, 5.74) is 2.49. The quantitative estimate of drug-likeness (QED) is 0.411. The number of rotatable bonds is 8. The lowest BCUT2D eigenvalue weighted by Gasteiger charge is -2.40. The van der Waals surface area contributed by atoms with Crippen molar-refractivity contribution in [2.45, 2.75) is 30.8 Å². The topological polar surface area (TPSA) is 104 Å². The second-order valence-electron chi connectivity index (χ2n) is 11.8. The standard InChI is InChI=1S/C33H37N5O5/c1-35(2)30(40)27-19-25-26(37(27)17-16-36-15-14-34-32(36)42)18-24-21-38(29(39)23-12-8-5-9-13-23)33(28(24)25,31(41)43-3)20-22-10-6-4-7-11-22/h4-13,19,24,28H,14-18,20-21H2,1-3H3,(H,34,42)/t24-,28+,33+/m0/s1. The van der Waals surface area contributed by atoms with Crippen molar-refractivity contribution in [1.82, 2.24) is 24.6 Å². The second kappa shape index (κ2) is 11.2. The van der Waals surface area contributed by atoms with Gasteiger partial charge in [-0.1, -0.05) is 48.5 Å². The summed E-state index contributed by atoms with van der Waals surface area (Å²) in [6.07, 6.45) is 0.870. The summed E-state index contributed by atoms with van der Waals surface area (Å²) >= 11 is 0. The fourth-order valence-corrected chi connectivity index (χ4v) is 7.32. The van der Waals surface area contributed by atoms with E-state index < -0.39 is 11.5 Å². The molecule has 3 aromatic rings. The molecule has 0 radical (unpaired) electrons. The number of hydrogen-bond acceptors (Lipinski definition) is 5. The Kier molecular flexibility index (Phi) is 7.45. The van der Waals surface area contributed by atoms with Gasteiger partial charge in [0.1, 0.15) is 5.69 Å². The van der Waals surface area contributed by atoms with Crippen LogP contribution in [-0.2, 0) is 28.9 Å². The molecule has 3 heterocycles. The fraction of sp³-hybridized carbons (Fsp3) is 0.394. The molecule has 2 fully saturated rings. The SMILES string of the molecule is COC(=O)[C@@]1(Cc2ccccc2)[C@H]2c3cc(C(=O)N(C)C)n(CCN4CCNC4=O)c3C[C@H]2CN1C(=O)c1ccccc1. The van der Waals surface area contributed by atoms with Gasteiger partial charge in [-0.25, -0.2) is 9.59 Å². The molecule has 43 heavy (non-hydrogen) atoms. The highest BCUT2D eigenvalue weighted by Crippen LogP contribution is 2.55. The van der Waals surface area contributed by atoms with E-state index in [1.54, 1.807) is 40.9 Å². The highest BCUT2D eigenvalue weighted by Gasteiger charge is 2.64. The van der Waals surface area contributed by atoms with Crippen LogP contribution in [0.3, 0.4) is 0 Å². The first-order valence-electron chi connectivity index (χ1n) is 14.7. The van der Waals surface area contributed by atoms with Crippen LogP contribution >= 0.6 is 0 Å². The first-order chi connectivity index (χ1) is 20.8. The highest BCUT2D eigenvalue weighted by molar-refractivity contribution is 6.00. The monoisotopic (exact) mass is 583 g/mol. The van der Waals surface area contributed by atoms with E-state index in [0.717, 1.165) is 16.8 Å². The number of amides is 4. The molecule has 0 saturated carbocycles. The summed E-state index contributed by atoms with van der Waals surface area (Å²) in [4.78, 5) is 59.1. The van der Waals surface area contributed by atoms with Crippen molar-refractivity contribution in [2.75, 3.05) is 47.4 Å². The Labute approximate surface area is 251 Å². The molecule has 3 aliphatic rings. The number of nitrogens with zero attached hydrogens (tertiary/aromatic N) is 4. The van der Waals surface area contributed by atoms with Crippen LogP contribution in [-0.4, -0.2) is 96.0 Å². The van der Waals surface area contributed by atoms with Crippen molar-refractivity contribution < 1.29 is 23.9 Å². The molecule has 1 aliphatic carbocycles. The second-order valence-corrected chi connectivity index (χ2v) is 11.8. The molecule has 1 N–H and O–H groups in total. The molecule has 0 unspecified atom stereocenters. The summed E-state index contributed by atoms with van der Waals surface area (Å²) in [6, 6.07) is 20.5. The lowest BCUT2D eigenvalue weighted by molar-refractivity contribution is -0.153. The van der Waals surface area contributed by atoms with E-state index in [2.05, 4.69) is 5.32 Å². The van der Waals surface area contributed by atoms with Crippen molar-refractivity contribution in [3.63, 3.8) is 0 Å². The van der Waals surface area contributed by atoms with E-state index >= 15 is 0 Å². The Morgan fingerprint density at radius 1 is 1.02 bits per heavy atom. The van der Waals surface area contributed by atoms with Gasteiger partial charge in [0, 0.05) is 70.4 Å². The van der Waals surface area contributed by atoms with Crippen LogP contribution in [0.2, 0.25) is 0 Å². The van der Waals surface area contributed by atoms with E-state index in [-0.39, 0.29) is 36.1 Å². The number of carbonyl (C=O) groups excluding carboxylic acids is 4.